The minimum Gasteiger partial charge on any atom is -0.391 e. The number of carbonyl (C=O) groups excluding carboxylic acids is 1. The summed E-state index contributed by atoms with van der Waals surface area (Å²) in [6.45, 7) is 5.03. The van der Waals surface area contributed by atoms with Gasteiger partial charge in [-0.3, -0.25) is 4.79 Å². The number of fused-ring (bicyclic) bond motifs is 1. The number of aliphatic hydroxyl groups is 1. The minimum absolute atomic E-state index is 0.253. The Balaban J connectivity index is 1.41. The van der Waals surface area contributed by atoms with E-state index in [0.29, 0.717) is 18.2 Å². The molecule has 1 aliphatic rings. The van der Waals surface area contributed by atoms with Crippen molar-refractivity contribution < 1.29 is 9.90 Å². The van der Waals surface area contributed by atoms with Crippen LogP contribution in [0.15, 0.2) is 85.6 Å². The lowest BCUT2D eigenvalue weighted by molar-refractivity contribution is -0.111. The normalized spacial score (nSPS) is 15.3. The van der Waals surface area contributed by atoms with Crippen molar-refractivity contribution in [1.29, 1.82) is 0 Å². The van der Waals surface area contributed by atoms with Gasteiger partial charge in [-0.1, -0.05) is 36.9 Å². The fraction of sp³-hybridized carbons (Fsp3) is 0.148. The summed E-state index contributed by atoms with van der Waals surface area (Å²) in [6, 6.07) is 21.6. The maximum absolute atomic E-state index is 11.7. The van der Waals surface area contributed by atoms with Gasteiger partial charge in [-0.15, -0.1) is 0 Å². The Bertz CT molecular complexity index is 1350. The van der Waals surface area contributed by atoms with Gasteiger partial charge in [0.15, 0.2) is 0 Å². The average molecular weight is 452 g/mol. The lowest BCUT2D eigenvalue weighted by Gasteiger charge is -2.18. The standard InChI is InChI=1S/C27H25N5O2/c1-2-25(34)29-21-7-3-5-18(15-21)24-8-4-6-19-16-28-27(31-26(19)24)30-20-9-11-22(12-10-20)32-14-13-23(33)17-32/h2-12,15-16,23,33H,1,13-14,17H2,(H,29,34)(H,28,30,31). The van der Waals surface area contributed by atoms with Crippen molar-refractivity contribution in [2.24, 2.45) is 0 Å². The maximum Gasteiger partial charge on any atom is 0.247 e. The van der Waals surface area contributed by atoms with E-state index in [1.54, 1.807) is 6.20 Å². The Kier molecular flexibility index (Phi) is 5.93. The van der Waals surface area contributed by atoms with Gasteiger partial charge < -0.3 is 20.6 Å². The number of aliphatic hydroxyl groups excluding tert-OH is 1. The largest absolute Gasteiger partial charge is 0.391 e. The van der Waals surface area contributed by atoms with Gasteiger partial charge in [0, 0.05) is 47.3 Å². The van der Waals surface area contributed by atoms with Crippen LogP contribution in [-0.4, -0.2) is 40.2 Å². The molecule has 7 heteroatoms. The van der Waals surface area contributed by atoms with E-state index in [9.17, 15) is 9.90 Å². The molecule has 1 unspecified atom stereocenters. The van der Waals surface area contributed by atoms with Crippen LogP contribution >= 0.6 is 0 Å². The second-order valence-corrected chi connectivity index (χ2v) is 8.27. The van der Waals surface area contributed by atoms with Gasteiger partial charge in [0.1, 0.15) is 0 Å². The number of carbonyl (C=O) groups is 1. The van der Waals surface area contributed by atoms with Crippen molar-refractivity contribution in [2.45, 2.75) is 12.5 Å². The Labute approximate surface area is 197 Å². The molecule has 1 amide bonds. The first-order chi connectivity index (χ1) is 16.6. The van der Waals surface area contributed by atoms with Crippen molar-refractivity contribution in [3.63, 3.8) is 0 Å². The van der Waals surface area contributed by atoms with Gasteiger partial charge in [0.05, 0.1) is 11.6 Å². The number of nitrogens with zero attached hydrogens (tertiary/aromatic N) is 3. The molecule has 1 fully saturated rings. The van der Waals surface area contributed by atoms with Gasteiger partial charge in [-0.05, 0) is 54.5 Å². The number of rotatable bonds is 6. The molecule has 7 nitrogen and oxygen atoms in total. The van der Waals surface area contributed by atoms with Crippen molar-refractivity contribution in [1.82, 2.24) is 9.97 Å². The van der Waals surface area contributed by atoms with Crippen molar-refractivity contribution in [2.75, 3.05) is 28.6 Å². The number of para-hydroxylation sites is 1. The van der Waals surface area contributed by atoms with E-state index in [0.717, 1.165) is 46.4 Å². The molecular formula is C27H25N5O2. The fourth-order valence-corrected chi connectivity index (χ4v) is 4.17. The van der Waals surface area contributed by atoms with Crippen LogP contribution in [0, 0.1) is 0 Å². The molecule has 1 aliphatic heterocycles. The summed E-state index contributed by atoms with van der Waals surface area (Å²) in [5.74, 6) is 0.246. The Hall–Kier alpha value is -4.23. The average Bonchev–Trinajstić information content (AvgIpc) is 3.30. The summed E-state index contributed by atoms with van der Waals surface area (Å²) in [4.78, 5) is 23.2. The number of benzene rings is 3. The summed E-state index contributed by atoms with van der Waals surface area (Å²) >= 11 is 0. The number of β-amino-alcohol motifs (C(OH)–C–C–N with tert-alkyl or cyclic N) is 1. The SMILES string of the molecule is C=CC(=O)Nc1cccc(-c2cccc3cnc(Nc4ccc(N5CCC(O)C5)cc4)nc23)c1. The molecule has 1 atom stereocenters. The van der Waals surface area contributed by atoms with Crippen LogP contribution < -0.4 is 15.5 Å². The molecule has 0 aliphatic carbocycles. The van der Waals surface area contributed by atoms with Crippen LogP contribution in [0.1, 0.15) is 6.42 Å². The highest BCUT2D eigenvalue weighted by molar-refractivity contribution is 6.00. The minimum atomic E-state index is -0.254. The quantitative estimate of drug-likeness (QED) is 0.367. The van der Waals surface area contributed by atoms with Crippen molar-refractivity contribution in [3.05, 3.63) is 85.6 Å². The van der Waals surface area contributed by atoms with Gasteiger partial charge in [0.25, 0.3) is 0 Å². The number of anilines is 4. The predicted octanol–water partition coefficient (Wildman–Crippen LogP) is 4.74. The number of nitrogens with one attached hydrogen (secondary N) is 2. The van der Waals surface area contributed by atoms with Crippen LogP contribution in [-0.2, 0) is 4.79 Å². The van der Waals surface area contributed by atoms with E-state index in [2.05, 4.69) is 27.1 Å². The smallest absolute Gasteiger partial charge is 0.247 e. The molecular weight excluding hydrogens is 426 g/mol. The number of aromatic nitrogens is 2. The zero-order valence-electron chi connectivity index (χ0n) is 18.6. The molecule has 1 saturated heterocycles. The van der Waals surface area contributed by atoms with E-state index < -0.39 is 0 Å². The van der Waals surface area contributed by atoms with Crippen LogP contribution in [0.25, 0.3) is 22.0 Å². The molecule has 170 valence electrons. The van der Waals surface area contributed by atoms with Crippen LogP contribution in [0.5, 0.6) is 0 Å². The van der Waals surface area contributed by atoms with Gasteiger partial charge in [0.2, 0.25) is 11.9 Å². The van der Waals surface area contributed by atoms with Crippen molar-refractivity contribution in [3.8, 4) is 11.1 Å². The van der Waals surface area contributed by atoms with E-state index in [1.807, 2.05) is 66.7 Å². The maximum atomic E-state index is 11.7. The highest BCUT2D eigenvalue weighted by atomic mass is 16.3. The topological polar surface area (TPSA) is 90.4 Å². The predicted molar refractivity (Wildman–Crippen MR) is 136 cm³/mol. The third-order valence-corrected chi connectivity index (χ3v) is 5.89. The van der Waals surface area contributed by atoms with Crippen LogP contribution in [0.4, 0.5) is 23.0 Å². The highest BCUT2D eigenvalue weighted by Crippen LogP contribution is 2.30. The first-order valence-corrected chi connectivity index (χ1v) is 11.2. The number of hydrogen-bond donors (Lipinski definition) is 3. The first-order valence-electron chi connectivity index (χ1n) is 11.2. The zero-order chi connectivity index (χ0) is 23.5. The van der Waals surface area contributed by atoms with Crippen molar-refractivity contribution >= 4 is 39.8 Å². The fourth-order valence-electron chi connectivity index (χ4n) is 4.17. The molecule has 0 saturated carbocycles. The highest BCUT2D eigenvalue weighted by Gasteiger charge is 2.20. The lowest BCUT2D eigenvalue weighted by Crippen LogP contribution is -2.20. The molecule has 0 radical (unpaired) electrons. The van der Waals surface area contributed by atoms with E-state index >= 15 is 0 Å². The first kappa shape index (κ1) is 21.6. The number of amides is 1. The summed E-state index contributed by atoms with van der Waals surface area (Å²) < 4.78 is 0. The summed E-state index contributed by atoms with van der Waals surface area (Å²) in [7, 11) is 0. The molecule has 3 N–H and O–H groups in total. The molecule has 1 aromatic heterocycles. The van der Waals surface area contributed by atoms with Crippen LogP contribution in [0.3, 0.4) is 0 Å². The Morgan fingerprint density at radius 3 is 2.68 bits per heavy atom. The molecule has 34 heavy (non-hydrogen) atoms. The third-order valence-electron chi connectivity index (χ3n) is 5.89. The second-order valence-electron chi connectivity index (χ2n) is 8.27. The van der Waals surface area contributed by atoms with Gasteiger partial charge in [-0.25, -0.2) is 9.97 Å². The summed E-state index contributed by atoms with van der Waals surface area (Å²) in [5.41, 5.74) is 5.36. The van der Waals surface area contributed by atoms with Crippen LogP contribution in [0.2, 0.25) is 0 Å². The molecule has 2 heterocycles. The third kappa shape index (κ3) is 4.60. The molecule has 4 aromatic rings. The zero-order valence-corrected chi connectivity index (χ0v) is 18.6. The molecule has 0 bridgehead atoms. The van der Waals surface area contributed by atoms with E-state index in [-0.39, 0.29) is 12.0 Å². The summed E-state index contributed by atoms with van der Waals surface area (Å²) in [6.07, 6.45) is 3.60. The van der Waals surface area contributed by atoms with E-state index in [1.165, 1.54) is 6.08 Å². The lowest BCUT2D eigenvalue weighted by atomic mass is 10.0. The van der Waals surface area contributed by atoms with Gasteiger partial charge in [-0.2, -0.15) is 0 Å². The molecule has 5 rings (SSSR count). The second kappa shape index (κ2) is 9.33. The molecule has 3 aromatic carbocycles. The number of hydrogen-bond acceptors (Lipinski definition) is 6. The molecule has 0 spiro atoms. The van der Waals surface area contributed by atoms with Gasteiger partial charge >= 0.3 is 0 Å². The Morgan fingerprint density at radius 2 is 1.91 bits per heavy atom. The van der Waals surface area contributed by atoms with E-state index in [4.69, 9.17) is 4.98 Å². The summed E-state index contributed by atoms with van der Waals surface area (Å²) in [5, 5.41) is 16.8. The monoisotopic (exact) mass is 451 g/mol. The Morgan fingerprint density at radius 1 is 1.09 bits per heavy atom.